The first-order chi connectivity index (χ1) is 8.15. The maximum absolute atomic E-state index is 12.9. The van der Waals surface area contributed by atoms with Crippen molar-refractivity contribution in [3.05, 3.63) is 29.6 Å². The van der Waals surface area contributed by atoms with Crippen LogP contribution in [0.4, 0.5) is 4.39 Å². The summed E-state index contributed by atoms with van der Waals surface area (Å²) < 4.78 is 12.9. The Morgan fingerprint density at radius 1 is 1.35 bits per heavy atom. The van der Waals surface area contributed by atoms with Crippen molar-refractivity contribution < 1.29 is 9.18 Å². The highest BCUT2D eigenvalue weighted by Crippen LogP contribution is 2.14. The number of amides is 1. The van der Waals surface area contributed by atoms with Crippen molar-refractivity contribution in [2.75, 3.05) is 6.54 Å². The van der Waals surface area contributed by atoms with Gasteiger partial charge in [-0.25, -0.2) is 4.39 Å². The fourth-order valence-corrected chi connectivity index (χ4v) is 1.72. The van der Waals surface area contributed by atoms with E-state index in [4.69, 9.17) is 0 Å². The minimum absolute atomic E-state index is 0.170. The molecular weight excluding hydrogens is 237 g/mol. The third kappa shape index (κ3) is 4.77. The molecule has 0 unspecified atom stereocenters. The van der Waals surface area contributed by atoms with E-state index < -0.39 is 5.82 Å². The summed E-state index contributed by atoms with van der Waals surface area (Å²) in [5, 5.41) is 2.81. The van der Waals surface area contributed by atoms with Crippen molar-refractivity contribution >= 4 is 18.5 Å². The second kappa shape index (κ2) is 7.33. The lowest BCUT2D eigenvalue weighted by molar-refractivity contribution is 0.0952. The van der Waals surface area contributed by atoms with Gasteiger partial charge in [-0.1, -0.05) is 26.2 Å². The molecule has 1 aromatic carbocycles. The van der Waals surface area contributed by atoms with Gasteiger partial charge in [-0.2, -0.15) is 0 Å². The minimum atomic E-state index is -0.409. The molecule has 0 aliphatic rings. The molecule has 0 fully saturated rings. The lowest BCUT2D eigenvalue weighted by Crippen LogP contribution is -2.24. The first-order valence-electron chi connectivity index (χ1n) is 5.92. The number of hydrogen-bond acceptors (Lipinski definition) is 2. The van der Waals surface area contributed by atoms with Gasteiger partial charge in [0, 0.05) is 17.0 Å². The first-order valence-corrected chi connectivity index (χ1v) is 6.36. The molecule has 0 bridgehead atoms. The van der Waals surface area contributed by atoms with Crippen LogP contribution < -0.4 is 5.32 Å². The summed E-state index contributed by atoms with van der Waals surface area (Å²) in [4.78, 5) is 11.9. The lowest BCUT2D eigenvalue weighted by atomic mass is 10.2. The maximum atomic E-state index is 12.9. The zero-order valence-corrected chi connectivity index (χ0v) is 10.9. The average molecular weight is 255 g/mol. The molecule has 17 heavy (non-hydrogen) atoms. The van der Waals surface area contributed by atoms with E-state index in [0.717, 1.165) is 12.8 Å². The Labute approximate surface area is 107 Å². The van der Waals surface area contributed by atoms with E-state index in [2.05, 4.69) is 24.9 Å². The highest BCUT2D eigenvalue weighted by Gasteiger charge is 2.07. The maximum Gasteiger partial charge on any atom is 0.251 e. The number of nitrogens with one attached hydrogen (secondary N) is 1. The van der Waals surface area contributed by atoms with E-state index in [1.807, 2.05) is 0 Å². The van der Waals surface area contributed by atoms with Gasteiger partial charge in [0.2, 0.25) is 0 Å². The molecule has 0 atom stereocenters. The van der Waals surface area contributed by atoms with Crippen LogP contribution in [-0.2, 0) is 0 Å². The Morgan fingerprint density at radius 2 is 2.12 bits per heavy atom. The van der Waals surface area contributed by atoms with Crippen LogP contribution in [0, 0.1) is 5.82 Å². The largest absolute Gasteiger partial charge is 0.352 e. The van der Waals surface area contributed by atoms with Gasteiger partial charge < -0.3 is 5.32 Å². The molecule has 0 aliphatic heterocycles. The molecule has 0 spiro atoms. The van der Waals surface area contributed by atoms with Gasteiger partial charge >= 0.3 is 0 Å². The Kier molecular flexibility index (Phi) is 6.05. The molecular formula is C13H18FNOS. The number of halogens is 1. The molecule has 0 radical (unpaired) electrons. The third-order valence-corrected chi connectivity index (χ3v) is 2.87. The topological polar surface area (TPSA) is 29.1 Å². The summed E-state index contributed by atoms with van der Waals surface area (Å²) in [7, 11) is 0. The summed E-state index contributed by atoms with van der Waals surface area (Å²) in [5.74, 6) is -0.579. The van der Waals surface area contributed by atoms with Crippen molar-refractivity contribution in [1.82, 2.24) is 5.32 Å². The zero-order chi connectivity index (χ0) is 12.7. The normalized spacial score (nSPS) is 10.3. The number of benzene rings is 1. The molecule has 0 heterocycles. The van der Waals surface area contributed by atoms with Crippen molar-refractivity contribution in [1.29, 1.82) is 0 Å². The minimum Gasteiger partial charge on any atom is -0.352 e. The smallest absolute Gasteiger partial charge is 0.251 e. The number of carbonyl (C=O) groups is 1. The highest BCUT2D eigenvalue weighted by atomic mass is 32.1. The van der Waals surface area contributed by atoms with Gasteiger partial charge in [0.05, 0.1) is 0 Å². The van der Waals surface area contributed by atoms with Crippen LogP contribution in [0.1, 0.15) is 43.0 Å². The second-order valence-corrected chi connectivity index (χ2v) is 4.46. The lowest BCUT2D eigenvalue weighted by Gasteiger charge is -2.05. The van der Waals surface area contributed by atoms with Crippen LogP contribution in [0.2, 0.25) is 0 Å². The van der Waals surface area contributed by atoms with E-state index in [-0.39, 0.29) is 10.8 Å². The fraction of sp³-hybridized carbons (Fsp3) is 0.462. The predicted octanol–water partition coefficient (Wildman–Crippen LogP) is 3.42. The molecule has 1 aromatic rings. The predicted molar refractivity (Wildman–Crippen MR) is 70.1 cm³/mol. The zero-order valence-electron chi connectivity index (χ0n) is 10.0. The molecule has 0 aliphatic carbocycles. The molecule has 1 N–H and O–H groups in total. The van der Waals surface area contributed by atoms with Crippen LogP contribution in [0.25, 0.3) is 0 Å². The van der Waals surface area contributed by atoms with Gasteiger partial charge in [0.25, 0.3) is 5.91 Å². The van der Waals surface area contributed by atoms with Gasteiger partial charge in [0.1, 0.15) is 5.82 Å². The number of hydrogen-bond donors (Lipinski definition) is 2. The molecule has 1 rings (SSSR count). The van der Waals surface area contributed by atoms with Crippen LogP contribution >= 0.6 is 12.6 Å². The first kappa shape index (κ1) is 14.0. The average Bonchev–Trinajstić information content (AvgIpc) is 2.32. The van der Waals surface area contributed by atoms with Crippen molar-refractivity contribution in [3.8, 4) is 0 Å². The van der Waals surface area contributed by atoms with Crippen LogP contribution in [0.3, 0.4) is 0 Å². The Hall–Kier alpha value is -1.03. The molecule has 0 aromatic heterocycles. The van der Waals surface area contributed by atoms with Crippen LogP contribution in [0.15, 0.2) is 23.1 Å². The SMILES string of the molecule is CCCCCCNC(=O)c1ccc(F)c(S)c1. The summed E-state index contributed by atoms with van der Waals surface area (Å²) in [6.45, 7) is 2.81. The van der Waals surface area contributed by atoms with Crippen molar-refractivity contribution in [2.24, 2.45) is 0 Å². The number of unbranched alkanes of at least 4 members (excludes halogenated alkanes) is 3. The van der Waals surface area contributed by atoms with Gasteiger partial charge in [-0.3, -0.25) is 4.79 Å². The Bertz CT molecular complexity index is 382. The Balaban J connectivity index is 2.39. The van der Waals surface area contributed by atoms with E-state index in [9.17, 15) is 9.18 Å². The number of carbonyl (C=O) groups excluding carboxylic acids is 1. The number of thiol groups is 1. The van der Waals surface area contributed by atoms with E-state index in [1.54, 1.807) is 0 Å². The summed E-state index contributed by atoms with van der Waals surface area (Å²) in [5.41, 5.74) is 0.451. The van der Waals surface area contributed by atoms with E-state index in [1.165, 1.54) is 31.0 Å². The fourth-order valence-electron chi connectivity index (χ4n) is 1.51. The van der Waals surface area contributed by atoms with E-state index >= 15 is 0 Å². The standard InChI is InChI=1S/C13H18FNOS/c1-2-3-4-5-8-15-13(16)10-6-7-11(14)12(17)9-10/h6-7,9,17H,2-5,8H2,1H3,(H,15,16). The summed E-state index contributed by atoms with van der Waals surface area (Å²) in [6.07, 6.45) is 4.47. The van der Waals surface area contributed by atoms with Crippen LogP contribution in [-0.4, -0.2) is 12.5 Å². The summed E-state index contributed by atoms with van der Waals surface area (Å²) in [6, 6.07) is 4.17. The third-order valence-electron chi connectivity index (χ3n) is 2.52. The monoisotopic (exact) mass is 255 g/mol. The molecule has 0 saturated heterocycles. The quantitative estimate of drug-likeness (QED) is 0.592. The molecule has 4 heteroatoms. The second-order valence-electron chi connectivity index (χ2n) is 3.98. The summed E-state index contributed by atoms with van der Waals surface area (Å²) >= 11 is 3.94. The van der Waals surface area contributed by atoms with Gasteiger partial charge in [-0.15, -0.1) is 12.6 Å². The van der Waals surface area contributed by atoms with Crippen LogP contribution in [0.5, 0.6) is 0 Å². The van der Waals surface area contributed by atoms with Crippen molar-refractivity contribution in [3.63, 3.8) is 0 Å². The molecule has 94 valence electrons. The van der Waals surface area contributed by atoms with E-state index in [0.29, 0.717) is 12.1 Å². The number of rotatable bonds is 6. The molecule has 0 saturated carbocycles. The van der Waals surface area contributed by atoms with Gasteiger partial charge in [0.15, 0.2) is 0 Å². The molecule has 1 amide bonds. The highest BCUT2D eigenvalue weighted by molar-refractivity contribution is 7.80. The Morgan fingerprint density at radius 3 is 2.76 bits per heavy atom. The molecule has 2 nitrogen and oxygen atoms in total. The van der Waals surface area contributed by atoms with Gasteiger partial charge in [-0.05, 0) is 24.6 Å². The van der Waals surface area contributed by atoms with Crippen molar-refractivity contribution in [2.45, 2.75) is 37.5 Å².